The van der Waals surface area contributed by atoms with E-state index in [0.29, 0.717) is 0 Å². The monoisotopic (exact) mass is 262 g/mol. The van der Waals surface area contributed by atoms with Gasteiger partial charge in [-0.15, -0.1) is 0 Å². The predicted molar refractivity (Wildman–Crippen MR) is 82.4 cm³/mol. The summed E-state index contributed by atoms with van der Waals surface area (Å²) < 4.78 is 0. The lowest BCUT2D eigenvalue weighted by atomic mass is 10.00. The van der Waals surface area contributed by atoms with Crippen LogP contribution >= 0.6 is 12.2 Å². The molecule has 98 valence electrons. The van der Waals surface area contributed by atoms with Crippen molar-refractivity contribution < 1.29 is 0 Å². The Morgan fingerprint density at radius 1 is 1.44 bits per heavy atom. The molecule has 0 saturated heterocycles. The highest BCUT2D eigenvalue weighted by atomic mass is 32.1. The van der Waals surface area contributed by atoms with E-state index in [2.05, 4.69) is 42.3 Å². The van der Waals surface area contributed by atoms with E-state index in [1.165, 1.54) is 42.5 Å². The Morgan fingerprint density at radius 3 is 3.06 bits per heavy atom. The van der Waals surface area contributed by atoms with E-state index in [4.69, 9.17) is 12.2 Å². The fraction of sp³-hybridized carbons (Fsp3) is 0.533. The second-order valence-electron chi connectivity index (χ2n) is 4.97. The van der Waals surface area contributed by atoms with Gasteiger partial charge < -0.3 is 10.2 Å². The van der Waals surface area contributed by atoms with Crippen molar-refractivity contribution in [1.82, 2.24) is 5.32 Å². The van der Waals surface area contributed by atoms with E-state index in [9.17, 15) is 0 Å². The van der Waals surface area contributed by atoms with E-state index < -0.39 is 0 Å². The SMILES string of the molecule is CCCCNC(=S)N1CCCc2cc(C)ccc21. The molecule has 1 heterocycles. The zero-order valence-electron chi connectivity index (χ0n) is 11.3. The average molecular weight is 262 g/mol. The highest BCUT2D eigenvalue weighted by Crippen LogP contribution is 2.27. The van der Waals surface area contributed by atoms with Crippen LogP contribution in [0.5, 0.6) is 0 Å². The predicted octanol–water partition coefficient (Wildman–Crippen LogP) is 3.42. The van der Waals surface area contributed by atoms with E-state index in [1.807, 2.05) is 0 Å². The second kappa shape index (κ2) is 6.19. The van der Waals surface area contributed by atoms with Gasteiger partial charge in [0, 0.05) is 18.8 Å². The van der Waals surface area contributed by atoms with Gasteiger partial charge in [-0.3, -0.25) is 0 Å². The van der Waals surface area contributed by atoms with Crippen LogP contribution < -0.4 is 10.2 Å². The minimum atomic E-state index is 0.883. The van der Waals surface area contributed by atoms with Crippen molar-refractivity contribution >= 4 is 23.0 Å². The number of aryl methyl sites for hydroxylation is 2. The number of anilines is 1. The van der Waals surface area contributed by atoms with Crippen molar-refractivity contribution in [2.75, 3.05) is 18.0 Å². The fourth-order valence-corrected chi connectivity index (χ4v) is 2.70. The van der Waals surface area contributed by atoms with Crippen LogP contribution in [0.25, 0.3) is 0 Å². The number of fused-ring (bicyclic) bond motifs is 1. The molecule has 0 spiro atoms. The van der Waals surface area contributed by atoms with Gasteiger partial charge in [-0.25, -0.2) is 0 Å². The highest BCUT2D eigenvalue weighted by molar-refractivity contribution is 7.80. The highest BCUT2D eigenvalue weighted by Gasteiger charge is 2.19. The summed E-state index contributed by atoms with van der Waals surface area (Å²) in [5.74, 6) is 0. The number of hydrogen-bond acceptors (Lipinski definition) is 1. The molecule has 0 saturated carbocycles. The summed E-state index contributed by atoms with van der Waals surface area (Å²) in [5.41, 5.74) is 4.06. The van der Waals surface area contributed by atoms with Crippen LogP contribution in [0.3, 0.4) is 0 Å². The smallest absolute Gasteiger partial charge is 0.173 e. The van der Waals surface area contributed by atoms with Gasteiger partial charge in [0.2, 0.25) is 0 Å². The molecular weight excluding hydrogens is 240 g/mol. The van der Waals surface area contributed by atoms with Crippen LogP contribution in [-0.2, 0) is 6.42 Å². The van der Waals surface area contributed by atoms with Gasteiger partial charge in [-0.1, -0.05) is 31.0 Å². The van der Waals surface area contributed by atoms with Crippen molar-refractivity contribution in [3.8, 4) is 0 Å². The Labute approximate surface area is 115 Å². The van der Waals surface area contributed by atoms with E-state index in [-0.39, 0.29) is 0 Å². The summed E-state index contributed by atoms with van der Waals surface area (Å²) in [6.45, 7) is 6.36. The molecule has 0 fully saturated rings. The molecule has 0 aromatic heterocycles. The van der Waals surface area contributed by atoms with Gasteiger partial charge in [-0.2, -0.15) is 0 Å². The number of rotatable bonds is 3. The Hall–Kier alpha value is -1.09. The molecule has 1 aromatic rings. The van der Waals surface area contributed by atoms with Crippen molar-refractivity contribution in [2.24, 2.45) is 0 Å². The lowest BCUT2D eigenvalue weighted by Gasteiger charge is -2.32. The molecule has 0 atom stereocenters. The molecule has 2 nitrogen and oxygen atoms in total. The lowest BCUT2D eigenvalue weighted by Crippen LogP contribution is -2.42. The third kappa shape index (κ3) is 3.02. The maximum absolute atomic E-state index is 5.51. The first-order valence-electron chi connectivity index (χ1n) is 6.87. The number of unbranched alkanes of at least 4 members (excludes halogenated alkanes) is 1. The number of thiocarbonyl (C=S) groups is 1. The summed E-state index contributed by atoms with van der Waals surface area (Å²) in [5, 5.41) is 4.25. The quantitative estimate of drug-likeness (QED) is 0.664. The number of hydrogen-bond donors (Lipinski definition) is 1. The van der Waals surface area contributed by atoms with Gasteiger partial charge >= 0.3 is 0 Å². The van der Waals surface area contributed by atoms with Crippen LogP contribution in [0, 0.1) is 6.92 Å². The Kier molecular flexibility index (Phi) is 4.59. The normalized spacial score (nSPS) is 14.2. The summed E-state index contributed by atoms with van der Waals surface area (Å²) >= 11 is 5.51. The van der Waals surface area contributed by atoms with Crippen LogP contribution in [0.1, 0.15) is 37.3 Å². The molecular formula is C15H22N2S. The molecule has 0 aliphatic carbocycles. The molecule has 3 heteroatoms. The minimum absolute atomic E-state index is 0.883. The minimum Gasteiger partial charge on any atom is -0.362 e. The van der Waals surface area contributed by atoms with Crippen molar-refractivity contribution in [3.05, 3.63) is 29.3 Å². The molecule has 1 N–H and O–H groups in total. The van der Waals surface area contributed by atoms with E-state index in [0.717, 1.165) is 18.2 Å². The van der Waals surface area contributed by atoms with Gasteiger partial charge in [0.15, 0.2) is 5.11 Å². The fourth-order valence-electron chi connectivity index (χ4n) is 2.40. The molecule has 0 unspecified atom stereocenters. The van der Waals surface area contributed by atoms with Crippen molar-refractivity contribution in [1.29, 1.82) is 0 Å². The van der Waals surface area contributed by atoms with Crippen LogP contribution in [0.2, 0.25) is 0 Å². The van der Waals surface area contributed by atoms with E-state index in [1.54, 1.807) is 0 Å². The zero-order chi connectivity index (χ0) is 13.0. The van der Waals surface area contributed by atoms with Gasteiger partial charge in [0.1, 0.15) is 0 Å². The molecule has 1 aromatic carbocycles. The topological polar surface area (TPSA) is 15.3 Å². The first-order valence-corrected chi connectivity index (χ1v) is 7.28. The largest absolute Gasteiger partial charge is 0.362 e. The molecule has 1 aliphatic rings. The first kappa shape index (κ1) is 13.3. The molecule has 0 amide bonds. The maximum Gasteiger partial charge on any atom is 0.173 e. The molecule has 0 radical (unpaired) electrons. The summed E-state index contributed by atoms with van der Waals surface area (Å²) in [6.07, 6.45) is 4.73. The molecule has 1 aliphatic heterocycles. The van der Waals surface area contributed by atoms with Gasteiger partial charge in [-0.05, 0) is 50.0 Å². The third-order valence-electron chi connectivity index (χ3n) is 3.41. The van der Waals surface area contributed by atoms with Crippen LogP contribution in [-0.4, -0.2) is 18.2 Å². The van der Waals surface area contributed by atoms with Crippen LogP contribution in [0.15, 0.2) is 18.2 Å². The number of benzene rings is 1. The molecule has 0 bridgehead atoms. The Balaban J connectivity index is 2.09. The lowest BCUT2D eigenvalue weighted by molar-refractivity contribution is 0.730. The third-order valence-corrected chi connectivity index (χ3v) is 3.77. The summed E-state index contributed by atoms with van der Waals surface area (Å²) in [4.78, 5) is 2.25. The van der Waals surface area contributed by atoms with Crippen LogP contribution in [0.4, 0.5) is 5.69 Å². The average Bonchev–Trinajstić information content (AvgIpc) is 2.37. The van der Waals surface area contributed by atoms with Gasteiger partial charge in [0.05, 0.1) is 0 Å². The van der Waals surface area contributed by atoms with Crippen molar-refractivity contribution in [3.63, 3.8) is 0 Å². The molecule has 18 heavy (non-hydrogen) atoms. The van der Waals surface area contributed by atoms with E-state index >= 15 is 0 Å². The summed E-state index contributed by atoms with van der Waals surface area (Å²) in [7, 11) is 0. The standard InChI is InChI=1S/C15H22N2S/c1-3-4-9-16-15(18)17-10-5-6-13-11-12(2)7-8-14(13)17/h7-8,11H,3-6,9-10H2,1-2H3,(H,16,18). The van der Waals surface area contributed by atoms with Gasteiger partial charge in [0.25, 0.3) is 0 Å². The number of nitrogens with zero attached hydrogens (tertiary/aromatic N) is 1. The van der Waals surface area contributed by atoms with Crippen molar-refractivity contribution in [2.45, 2.75) is 39.5 Å². The zero-order valence-corrected chi connectivity index (χ0v) is 12.1. The maximum atomic E-state index is 5.51. The Bertz CT molecular complexity index is 429. The summed E-state index contributed by atoms with van der Waals surface area (Å²) in [6, 6.07) is 6.67. The second-order valence-corrected chi connectivity index (χ2v) is 5.36. The Morgan fingerprint density at radius 2 is 2.28 bits per heavy atom. The molecule has 2 rings (SSSR count). The first-order chi connectivity index (χ1) is 8.72. The number of nitrogens with one attached hydrogen (secondary N) is 1.